The number of para-hydroxylation sites is 3. The van der Waals surface area contributed by atoms with Gasteiger partial charge in [-0.3, -0.25) is 0 Å². The lowest BCUT2D eigenvalue weighted by Crippen LogP contribution is -2.75. The van der Waals surface area contributed by atoms with Crippen LogP contribution in [-0.2, 0) is 0 Å². The number of fused-ring (bicyclic) bond motifs is 6. The minimum Gasteiger partial charge on any atom is -0.309 e. The van der Waals surface area contributed by atoms with Crippen molar-refractivity contribution < 1.29 is 0 Å². The molecule has 0 spiro atoms. The fraction of sp³-hybridized carbons (Fsp3) is 0. The first-order valence-corrected chi connectivity index (χ1v) is 23.8. The molecule has 0 aliphatic heterocycles. The van der Waals surface area contributed by atoms with Gasteiger partial charge in [0, 0.05) is 32.8 Å². The highest BCUT2D eigenvalue weighted by Gasteiger charge is 2.43. The van der Waals surface area contributed by atoms with E-state index in [0.29, 0.717) is 0 Å². The molecular weight excluding hydrogens is 777 g/mol. The Bertz CT molecular complexity index is 3480. The van der Waals surface area contributed by atoms with Crippen LogP contribution in [0, 0.1) is 0 Å². The van der Waals surface area contributed by atoms with Crippen molar-refractivity contribution in [2.75, 3.05) is 0 Å². The van der Waals surface area contributed by atoms with E-state index in [9.17, 15) is 0 Å². The molecule has 0 unspecified atom stereocenters. The summed E-state index contributed by atoms with van der Waals surface area (Å²) < 4.78 is 5.06. The van der Waals surface area contributed by atoms with Gasteiger partial charge in [-0.25, -0.2) is 0 Å². The Morgan fingerprint density at radius 3 is 1.30 bits per heavy atom. The van der Waals surface area contributed by atoms with Crippen molar-refractivity contribution in [1.82, 2.24) is 9.13 Å². The second-order valence-electron chi connectivity index (χ2n) is 16.4. The van der Waals surface area contributed by atoms with Crippen LogP contribution in [-0.4, -0.2) is 17.2 Å². The lowest BCUT2D eigenvalue weighted by atomic mass is 10.0. The van der Waals surface area contributed by atoms with Crippen LogP contribution >= 0.6 is 0 Å². The normalized spacial score (nSPS) is 11.8. The molecule has 2 aromatic heterocycles. The van der Waals surface area contributed by atoms with Crippen LogP contribution in [0.2, 0.25) is 0 Å². The Labute approximate surface area is 368 Å². The number of benzene rings is 10. The van der Waals surface area contributed by atoms with Crippen LogP contribution in [0.15, 0.2) is 255 Å². The third kappa shape index (κ3) is 5.85. The third-order valence-electron chi connectivity index (χ3n) is 13.1. The van der Waals surface area contributed by atoms with Gasteiger partial charge >= 0.3 is 0 Å². The van der Waals surface area contributed by atoms with Crippen molar-refractivity contribution in [2.45, 2.75) is 0 Å². The van der Waals surface area contributed by atoms with E-state index in [4.69, 9.17) is 0 Å². The van der Waals surface area contributed by atoms with E-state index in [0.717, 1.165) is 11.4 Å². The summed E-state index contributed by atoms with van der Waals surface area (Å²) in [7, 11) is -2.98. The monoisotopic (exact) mass is 818 g/mol. The minimum atomic E-state index is -2.98. The molecule has 10 aromatic carbocycles. The minimum absolute atomic E-state index is 1.14. The molecule has 0 saturated carbocycles. The van der Waals surface area contributed by atoms with E-state index in [2.05, 4.69) is 264 Å². The Hall–Kier alpha value is -7.98. The number of hydrogen-bond acceptors (Lipinski definition) is 0. The largest absolute Gasteiger partial charge is 0.309 e. The highest BCUT2D eigenvalue weighted by Crippen LogP contribution is 2.42. The molecule has 0 aliphatic carbocycles. The quantitative estimate of drug-likeness (QED) is 0.107. The van der Waals surface area contributed by atoms with E-state index in [1.807, 2.05) is 0 Å². The summed E-state index contributed by atoms with van der Waals surface area (Å²) in [5, 5.41) is 10.4. The van der Waals surface area contributed by atoms with Gasteiger partial charge in [-0.1, -0.05) is 218 Å². The van der Waals surface area contributed by atoms with Gasteiger partial charge in [-0.05, 0) is 73.8 Å². The Morgan fingerprint density at radius 1 is 0.286 bits per heavy atom. The second kappa shape index (κ2) is 15.2. The third-order valence-corrected chi connectivity index (χ3v) is 17.9. The molecule has 0 amide bonds. The number of nitrogens with zero attached hydrogens (tertiary/aromatic N) is 2. The zero-order valence-electron chi connectivity index (χ0n) is 34.6. The molecule has 2 nitrogen and oxygen atoms in total. The van der Waals surface area contributed by atoms with Crippen molar-refractivity contribution in [3.63, 3.8) is 0 Å². The van der Waals surface area contributed by atoms with E-state index >= 15 is 0 Å². The van der Waals surface area contributed by atoms with Gasteiger partial charge < -0.3 is 9.13 Å². The van der Waals surface area contributed by atoms with Crippen molar-refractivity contribution in [3.8, 4) is 33.6 Å². The highest BCUT2D eigenvalue weighted by atomic mass is 28.3. The molecular formula is C60H42N2Si. The van der Waals surface area contributed by atoms with E-state index in [1.54, 1.807) is 0 Å². The molecule has 12 rings (SSSR count). The Kier molecular flexibility index (Phi) is 8.87. The van der Waals surface area contributed by atoms with Crippen LogP contribution in [0.5, 0.6) is 0 Å². The highest BCUT2D eigenvalue weighted by molar-refractivity contribution is 7.20. The first kappa shape index (κ1) is 36.8. The molecule has 0 bridgehead atoms. The smallest absolute Gasteiger partial charge is 0.181 e. The molecule has 2 heterocycles. The molecule has 0 N–H and O–H groups in total. The molecule has 296 valence electrons. The van der Waals surface area contributed by atoms with E-state index < -0.39 is 8.07 Å². The Balaban J connectivity index is 1.22. The fourth-order valence-electron chi connectivity index (χ4n) is 10.4. The van der Waals surface area contributed by atoms with E-state index in [1.165, 1.54) is 86.6 Å². The average molecular weight is 819 g/mol. The topological polar surface area (TPSA) is 9.86 Å². The predicted molar refractivity (Wildman–Crippen MR) is 270 cm³/mol. The number of rotatable bonds is 8. The lowest BCUT2D eigenvalue weighted by molar-refractivity contribution is 1.17. The maximum Gasteiger partial charge on any atom is 0.181 e. The summed E-state index contributed by atoms with van der Waals surface area (Å²) in [6, 6.07) is 94.4. The van der Waals surface area contributed by atoms with Crippen molar-refractivity contribution >= 4 is 72.4 Å². The summed E-state index contributed by atoms with van der Waals surface area (Å²) >= 11 is 0. The fourth-order valence-corrected chi connectivity index (χ4v) is 15.3. The SMILES string of the molecule is c1ccc(-c2ccc(-n3c4ccccc4c4cc(-n5c6ccccc6c6cccc([Si](c7ccccc7)(c7ccccc7)c7ccccc7)c65)c(-c5ccccc5)cc43)cc2)cc1. The molecule has 0 atom stereocenters. The molecule has 0 saturated heterocycles. The zero-order valence-corrected chi connectivity index (χ0v) is 35.6. The first-order chi connectivity index (χ1) is 31.3. The summed E-state index contributed by atoms with van der Waals surface area (Å²) in [5.41, 5.74) is 11.9. The molecule has 12 aromatic rings. The predicted octanol–water partition coefficient (Wildman–Crippen LogP) is 12.6. The maximum atomic E-state index is 2.61. The van der Waals surface area contributed by atoms with Crippen molar-refractivity contribution in [1.29, 1.82) is 0 Å². The lowest BCUT2D eigenvalue weighted by Gasteiger charge is -2.35. The number of aromatic nitrogens is 2. The van der Waals surface area contributed by atoms with Crippen molar-refractivity contribution in [2.24, 2.45) is 0 Å². The maximum absolute atomic E-state index is 2.98. The van der Waals surface area contributed by atoms with Gasteiger partial charge in [0.1, 0.15) is 0 Å². The molecule has 63 heavy (non-hydrogen) atoms. The van der Waals surface area contributed by atoms with E-state index in [-0.39, 0.29) is 0 Å². The molecule has 0 radical (unpaired) electrons. The molecule has 0 aliphatic rings. The second-order valence-corrected chi connectivity index (χ2v) is 20.2. The van der Waals surface area contributed by atoms with Crippen LogP contribution in [0.3, 0.4) is 0 Å². The van der Waals surface area contributed by atoms with Gasteiger partial charge in [-0.2, -0.15) is 0 Å². The van der Waals surface area contributed by atoms with Crippen LogP contribution in [0.1, 0.15) is 0 Å². The zero-order chi connectivity index (χ0) is 41.7. The summed E-state index contributed by atoms with van der Waals surface area (Å²) in [4.78, 5) is 0. The van der Waals surface area contributed by atoms with Gasteiger partial charge in [0.2, 0.25) is 0 Å². The molecule has 3 heteroatoms. The summed E-state index contributed by atoms with van der Waals surface area (Å²) in [6.45, 7) is 0. The van der Waals surface area contributed by atoms with Gasteiger partial charge in [0.05, 0.1) is 27.8 Å². The van der Waals surface area contributed by atoms with Crippen molar-refractivity contribution in [3.05, 3.63) is 255 Å². The first-order valence-electron chi connectivity index (χ1n) is 21.8. The van der Waals surface area contributed by atoms with Gasteiger partial charge in [-0.15, -0.1) is 0 Å². The number of hydrogen-bond donors (Lipinski definition) is 0. The van der Waals surface area contributed by atoms with Crippen LogP contribution in [0.25, 0.3) is 77.2 Å². The molecule has 0 fully saturated rings. The van der Waals surface area contributed by atoms with Crippen LogP contribution < -0.4 is 20.7 Å². The summed E-state index contributed by atoms with van der Waals surface area (Å²) in [6.07, 6.45) is 0. The standard InChI is InChI=1S/C60H42N2Si/c1-6-21-43(22-7-1)44-37-39-46(40-38-44)61-55-34-18-17-32-51(55)54-42-57(53(41-58(54)61)45-23-8-2-9-24-45)62-56-35-19-16-31-50(56)52-33-20-36-59(60(52)62)63(47-25-10-3-11-26-47,48-27-12-4-13-28-48)49-29-14-5-15-30-49/h1-42H. The average Bonchev–Trinajstić information content (AvgIpc) is 3.88. The van der Waals surface area contributed by atoms with Gasteiger partial charge in [0.15, 0.2) is 8.07 Å². The summed E-state index contributed by atoms with van der Waals surface area (Å²) in [5.74, 6) is 0. The van der Waals surface area contributed by atoms with Crippen LogP contribution in [0.4, 0.5) is 0 Å². The van der Waals surface area contributed by atoms with Gasteiger partial charge in [0.25, 0.3) is 0 Å². The Morgan fingerprint density at radius 2 is 0.730 bits per heavy atom.